The number of rotatable bonds is 5. The first-order valence-corrected chi connectivity index (χ1v) is 11.8. The number of benzene rings is 3. The number of nitrogens with one attached hydrogen (secondary N) is 4. The number of fused-ring (bicyclic) bond motifs is 1. The SMILES string of the molecule is CC(C)(C)c1ccc(NC(=O)c2ccc(NS(=O)(=O)c3ccc4[nH]c(=O)[nH]c4c3)cc2)cc1. The summed E-state index contributed by atoms with van der Waals surface area (Å²) < 4.78 is 27.9. The summed E-state index contributed by atoms with van der Waals surface area (Å²) >= 11 is 0. The molecule has 0 aliphatic heterocycles. The minimum atomic E-state index is -3.88. The predicted octanol–water partition coefficient (Wildman–Crippen LogP) is 4.21. The summed E-state index contributed by atoms with van der Waals surface area (Å²) in [5, 5.41) is 2.84. The van der Waals surface area contributed by atoms with Gasteiger partial charge in [-0.2, -0.15) is 0 Å². The van der Waals surface area contributed by atoms with E-state index in [0.29, 0.717) is 28.0 Å². The summed E-state index contributed by atoms with van der Waals surface area (Å²) in [6, 6.07) is 18.1. The number of aromatic nitrogens is 2. The molecule has 0 radical (unpaired) electrons. The van der Waals surface area contributed by atoms with Crippen molar-refractivity contribution in [3.63, 3.8) is 0 Å². The minimum absolute atomic E-state index is 0.00535. The number of aromatic amines is 2. The smallest absolute Gasteiger partial charge is 0.322 e. The average Bonchev–Trinajstić information content (AvgIpc) is 3.13. The highest BCUT2D eigenvalue weighted by Gasteiger charge is 2.17. The van der Waals surface area contributed by atoms with Gasteiger partial charge in [0, 0.05) is 16.9 Å². The van der Waals surface area contributed by atoms with E-state index in [0.717, 1.165) is 0 Å². The maximum Gasteiger partial charge on any atom is 0.323 e. The third-order valence-corrected chi connectivity index (χ3v) is 6.58. The molecule has 1 amide bonds. The van der Waals surface area contributed by atoms with Crippen LogP contribution in [-0.4, -0.2) is 24.3 Å². The summed E-state index contributed by atoms with van der Waals surface area (Å²) in [7, 11) is -3.88. The monoisotopic (exact) mass is 464 g/mol. The number of H-pyrrole nitrogens is 2. The van der Waals surface area contributed by atoms with Crippen molar-refractivity contribution < 1.29 is 13.2 Å². The summed E-state index contributed by atoms with van der Waals surface area (Å²) in [4.78, 5) is 29.1. The van der Waals surface area contributed by atoms with Crippen molar-refractivity contribution in [1.82, 2.24) is 9.97 Å². The van der Waals surface area contributed by atoms with Gasteiger partial charge in [0.15, 0.2) is 0 Å². The molecule has 1 heterocycles. The molecule has 170 valence electrons. The van der Waals surface area contributed by atoms with Gasteiger partial charge in [-0.05, 0) is 65.6 Å². The zero-order chi connectivity index (χ0) is 23.8. The quantitative estimate of drug-likeness (QED) is 0.353. The molecular weight excluding hydrogens is 440 g/mol. The Kier molecular flexibility index (Phi) is 5.59. The first kappa shape index (κ1) is 22.3. The van der Waals surface area contributed by atoms with Gasteiger partial charge in [0.2, 0.25) is 0 Å². The van der Waals surface area contributed by atoms with Crippen LogP contribution < -0.4 is 15.7 Å². The lowest BCUT2D eigenvalue weighted by Gasteiger charge is -2.19. The fraction of sp³-hybridized carbons (Fsp3) is 0.167. The van der Waals surface area contributed by atoms with Gasteiger partial charge in [-0.1, -0.05) is 32.9 Å². The zero-order valence-corrected chi connectivity index (χ0v) is 19.2. The van der Waals surface area contributed by atoms with Crippen molar-refractivity contribution in [3.8, 4) is 0 Å². The normalized spacial score (nSPS) is 12.0. The number of sulfonamides is 1. The van der Waals surface area contributed by atoms with E-state index in [9.17, 15) is 18.0 Å². The van der Waals surface area contributed by atoms with E-state index in [1.165, 1.54) is 35.9 Å². The Hall–Kier alpha value is -3.85. The summed E-state index contributed by atoms with van der Waals surface area (Å²) in [5.74, 6) is -0.297. The lowest BCUT2D eigenvalue weighted by atomic mass is 9.87. The fourth-order valence-electron chi connectivity index (χ4n) is 3.34. The van der Waals surface area contributed by atoms with E-state index in [-0.39, 0.29) is 16.2 Å². The molecule has 0 spiro atoms. The van der Waals surface area contributed by atoms with Crippen molar-refractivity contribution in [2.75, 3.05) is 10.0 Å². The Bertz CT molecular complexity index is 1480. The molecule has 0 unspecified atom stereocenters. The maximum atomic E-state index is 12.7. The van der Waals surface area contributed by atoms with Crippen LogP contribution in [0, 0.1) is 0 Å². The molecule has 0 bridgehead atoms. The molecule has 0 fully saturated rings. The Morgan fingerprint density at radius 3 is 2.06 bits per heavy atom. The number of carbonyl (C=O) groups excluding carboxylic acids is 1. The minimum Gasteiger partial charge on any atom is -0.322 e. The van der Waals surface area contributed by atoms with Gasteiger partial charge in [-0.3, -0.25) is 9.52 Å². The molecule has 4 rings (SSSR count). The van der Waals surface area contributed by atoms with Gasteiger partial charge in [0.1, 0.15) is 0 Å². The lowest BCUT2D eigenvalue weighted by Crippen LogP contribution is -2.15. The predicted molar refractivity (Wildman–Crippen MR) is 129 cm³/mol. The zero-order valence-electron chi connectivity index (χ0n) is 18.4. The second kappa shape index (κ2) is 8.25. The average molecular weight is 465 g/mol. The van der Waals surface area contributed by atoms with Crippen LogP contribution in [0.4, 0.5) is 11.4 Å². The van der Waals surface area contributed by atoms with Gasteiger partial charge >= 0.3 is 5.69 Å². The van der Waals surface area contributed by atoms with Crippen LogP contribution in [0.2, 0.25) is 0 Å². The molecule has 0 aliphatic rings. The highest BCUT2D eigenvalue weighted by molar-refractivity contribution is 7.92. The topological polar surface area (TPSA) is 124 Å². The number of hydrogen-bond donors (Lipinski definition) is 4. The van der Waals surface area contributed by atoms with Crippen LogP contribution in [0.3, 0.4) is 0 Å². The molecule has 0 saturated carbocycles. The fourth-order valence-corrected chi connectivity index (χ4v) is 4.42. The Labute approximate surface area is 191 Å². The number of imidazole rings is 1. The van der Waals surface area contributed by atoms with Crippen LogP contribution in [0.15, 0.2) is 76.4 Å². The maximum absolute atomic E-state index is 12.7. The summed E-state index contributed by atoms with van der Waals surface area (Å²) in [6.07, 6.45) is 0. The van der Waals surface area contributed by atoms with E-state index < -0.39 is 15.7 Å². The molecule has 0 atom stereocenters. The van der Waals surface area contributed by atoms with Crippen LogP contribution >= 0.6 is 0 Å². The van der Waals surface area contributed by atoms with Gasteiger partial charge < -0.3 is 15.3 Å². The molecule has 3 aromatic carbocycles. The molecule has 1 aromatic heterocycles. The molecule has 33 heavy (non-hydrogen) atoms. The van der Waals surface area contributed by atoms with Gasteiger partial charge in [-0.15, -0.1) is 0 Å². The highest BCUT2D eigenvalue weighted by atomic mass is 32.2. The molecular formula is C24H24N4O4S. The molecule has 4 N–H and O–H groups in total. The summed E-state index contributed by atoms with van der Waals surface area (Å²) in [6.45, 7) is 6.36. The van der Waals surface area contributed by atoms with Gasteiger partial charge in [-0.25, -0.2) is 13.2 Å². The van der Waals surface area contributed by atoms with Crippen molar-refractivity contribution in [2.45, 2.75) is 31.1 Å². The molecule has 0 aliphatic carbocycles. The van der Waals surface area contributed by atoms with Crippen molar-refractivity contribution >= 4 is 38.3 Å². The van der Waals surface area contributed by atoms with Crippen molar-refractivity contribution in [2.24, 2.45) is 0 Å². The van der Waals surface area contributed by atoms with E-state index in [1.807, 2.05) is 24.3 Å². The largest absolute Gasteiger partial charge is 0.323 e. The van der Waals surface area contributed by atoms with E-state index >= 15 is 0 Å². The van der Waals surface area contributed by atoms with Gasteiger partial charge in [0.05, 0.1) is 15.9 Å². The molecule has 4 aromatic rings. The summed E-state index contributed by atoms with van der Waals surface area (Å²) in [5.41, 5.74) is 3.07. The standard InChI is InChI=1S/C24H24N4O4S/c1-24(2,3)16-6-10-17(11-7-16)25-22(29)15-4-8-18(9-5-15)28-33(31,32)19-12-13-20-21(14-19)27-23(30)26-20/h4-14,28H,1-3H3,(H,25,29)(H2,26,27,30). The van der Waals surface area contributed by atoms with E-state index in [4.69, 9.17) is 0 Å². The highest BCUT2D eigenvalue weighted by Crippen LogP contribution is 2.24. The van der Waals surface area contributed by atoms with Gasteiger partial charge in [0.25, 0.3) is 15.9 Å². The number of hydrogen-bond acceptors (Lipinski definition) is 4. The van der Waals surface area contributed by atoms with Crippen LogP contribution in [-0.2, 0) is 15.4 Å². The van der Waals surface area contributed by atoms with Crippen molar-refractivity contribution in [1.29, 1.82) is 0 Å². The molecule has 0 saturated heterocycles. The number of anilines is 2. The van der Waals surface area contributed by atoms with E-state index in [1.54, 1.807) is 12.1 Å². The Balaban J connectivity index is 1.45. The Morgan fingerprint density at radius 1 is 0.818 bits per heavy atom. The van der Waals surface area contributed by atoms with Crippen LogP contribution in [0.25, 0.3) is 11.0 Å². The van der Waals surface area contributed by atoms with Crippen LogP contribution in [0.1, 0.15) is 36.7 Å². The second-order valence-corrected chi connectivity index (χ2v) is 10.4. The third kappa shape index (κ3) is 4.98. The van der Waals surface area contributed by atoms with Crippen LogP contribution in [0.5, 0.6) is 0 Å². The number of carbonyl (C=O) groups is 1. The second-order valence-electron chi connectivity index (χ2n) is 8.75. The van der Waals surface area contributed by atoms with Crippen molar-refractivity contribution in [3.05, 3.63) is 88.3 Å². The molecule has 9 heteroatoms. The Morgan fingerprint density at radius 2 is 1.42 bits per heavy atom. The lowest BCUT2D eigenvalue weighted by molar-refractivity contribution is 0.102. The number of amides is 1. The van der Waals surface area contributed by atoms with E-state index in [2.05, 4.69) is 40.8 Å². The first-order valence-electron chi connectivity index (χ1n) is 10.3. The molecule has 8 nitrogen and oxygen atoms in total. The first-order chi connectivity index (χ1) is 15.5. The third-order valence-electron chi connectivity index (χ3n) is 5.21.